The van der Waals surface area contributed by atoms with Gasteiger partial charge in [-0.1, -0.05) is 12.8 Å². The summed E-state index contributed by atoms with van der Waals surface area (Å²) < 4.78 is 0. The van der Waals surface area contributed by atoms with Crippen molar-refractivity contribution in [3.05, 3.63) is 36.3 Å². The lowest BCUT2D eigenvalue weighted by molar-refractivity contribution is -0.134. The van der Waals surface area contributed by atoms with Crippen molar-refractivity contribution >= 4 is 11.8 Å². The number of aromatic amines is 1. The zero-order valence-corrected chi connectivity index (χ0v) is 16.6. The lowest BCUT2D eigenvalue weighted by atomic mass is 9.88. The maximum atomic E-state index is 13.2. The van der Waals surface area contributed by atoms with Gasteiger partial charge in [-0.15, -0.1) is 0 Å². The Bertz CT molecular complexity index is 890. The van der Waals surface area contributed by atoms with Gasteiger partial charge in [-0.05, 0) is 43.2 Å². The number of carbonyl (C=O) groups is 2. The number of piperidine rings is 1. The van der Waals surface area contributed by atoms with Crippen LogP contribution in [0.25, 0.3) is 11.3 Å². The molecule has 2 aliphatic heterocycles. The van der Waals surface area contributed by atoms with Crippen molar-refractivity contribution in [1.29, 1.82) is 0 Å². The molecule has 2 saturated heterocycles. The SMILES string of the molecule is O=C(c1cn[nH]c1-c1ccncc1)N1CC[C@H]2CN(C(=O)C3CCCC3)C[C@H]2C1. The molecule has 1 saturated carbocycles. The Morgan fingerprint density at radius 3 is 2.48 bits per heavy atom. The Morgan fingerprint density at radius 2 is 1.69 bits per heavy atom. The van der Waals surface area contributed by atoms with Crippen LogP contribution in [-0.4, -0.2) is 63.0 Å². The van der Waals surface area contributed by atoms with Crippen molar-refractivity contribution < 1.29 is 9.59 Å². The smallest absolute Gasteiger partial charge is 0.257 e. The van der Waals surface area contributed by atoms with Crippen LogP contribution in [0, 0.1) is 17.8 Å². The van der Waals surface area contributed by atoms with Crippen molar-refractivity contribution in [3.8, 4) is 11.3 Å². The van der Waals surface area contributed by atoms with E-state index in [-0.39, 0.29) is 11.8 Å². The molecule has 0 bridgehead atoms. The van der Waals surface area contributed by atoms with Gasteiger partial charge in [0, 0.05) is 50.1 Å². The van der Waals surface area contributed by atoms with Crippen molar-refractivity contribution in [2.24, 2.45) is 17.8 Å². The molecule has 2 atom stereocenters. The fourth-order valence-electron chi connectivity index (χ4n) is 5.32. The highest BCUT2D eigenvalue weighted by Gasteiger charge is 2.42. The molecular formula is C22H27N5O2. The Hall–Kier alpha value is -2.70. The predicted molar refractivity (Wildman–Crippen MR) is 108 cm³/mol. The summed E-state index contributed by atoms with van der Waals surface area (Å²) in [5.41, 5.74) is 2.25. The number of aromatic nitrogens is 3. The number of hydrogen-bond donors (Lipinski definition) is 1. The number of pyridine rings is 1. The molecule has 0 spiro atoms. The summed E-state index contributed by atoms with van der Waals surface area (Å²) in [5.74, 6) is 1.51. The number of H-pyrrole nitrogens is 1. The molecule has 29 heavy (non-hydrogen) atoms. The summed E-state index contributed by atoms with van der Waals surface area (Å²) >= 11 is 0. The van der Waals surface area contributed by atoms with E-state index in [1.54, 1.807) is 18.6 Å². The zero-order valence-electron chi connectivity index (χ0n) is 16.6. The van der Waals surface area contributed by atoms with Crippen LogP contribution < -0.4 is 0 Å². The number of likely N-dealkylation sites (tertiary alicyclic amines) is 2. The molecule has 7 heteroatoms. The minimum Gasteiger partial charge on any atom is -0.342 e. The van der Waals surface area contributed by atoms with Gasteiger partial charge in [0.05, 0.1) is 17.5 Å². The topological polar surface area (TPSA) is 82.2 Å². The molecular weight excluding hydrogens is 366 g/mol. The average molecular weight is 393 g/mol. The van der Waals surface area contributed by atoms with E-state index >= 15 is 0 Å². The van der Waals surface area contributed by atoms with Gasteiger partial charge in [-0.2, -0.15) is 5.10 Å². The number of nitrogens with one attached hydrogen (secondary N) is 1. The third-order valence-electron chi connectivity index (χ3n) is 6.94. The van der Waals surface area contributed by atoms with Gasteiger partial charge in [0.25, 0.3) is 5.91 Å². The Labute approximate surface area is 170 Å². The lowest BCUT2D eigenvalue weighted by Crippen LogP contribution is -2.43. The van der Waals surface area contributed by atoms with Crippen molar-refractivity contribution in [2.75, 3.05) is 26.2 Å². The monoisotopic (exact) mass is 393 g/mol. The number of amides is 2. The van der Waals surface area contributed by atoms with Crippen LogP contribution in [0.2, 0.25) is 0 Å². The molecule has 2 amide bonds. The normalized spacial score (nSPS) is 24.7. The summed E-state index contributed by atoms with van der Waals surface area (Å²) in [6, 6.07) is 3.75. The standard InChI is InChI=1S/C22H27N5O2/c28-21(16-3-1-2-4-16)27-12-17-7-10-26(13-18(17)14-27)22(29)19-11-24-25-20(19)15-5-8-23-9-6-15/h5-6,8-9,11,16-18H,1-4,7,10,12-14H2,(H,24,25)/t17-,18+/m0/s1. The minimum absolute atomic E-state index is 0.0181. The Kier molecular flexibility index (Phi) is 4.81. The van der Waals surface area contributed by atoms with E-state index in [4.69, 9.17) is 0 Å². The quantitative estimate of drug-likeness (QED) is 0.869. The first kappa shape index (κ1) is 18.3. The molecule has 0 aromatic carbocycles. The Morgan fingerprint density at radius 1 is 0.966 bits per heavy atom. The van der Waals surface area contributed by atoms with Crippen molar-refractivity contribution in [2.45, 2.75) is 32.1 Å². The fourth-order valence-corrected chi connectivity index (χ4v) is 5.32. The Balaban J connectivity index is 1.27. The second-order valence-electron chi connectivity index (χ2n) is 8.68. The van der Waals surface area contributed by atoms with Crippen molar-refractivity contribution in [3.63, 3.8) is 0 Å². The summed E-state index contributed by atoms with van der Waals surface area (Å²) in [6.07, 6.45) is 10.5. The second-order valence-corrected chi connectivity index (χ2v) is 8.68. The lowest BCUT2D eigenvalue weighted by Gasteiger charge is -2.34. The van der Waals surface area contributed by atoms with E-state index in [1.807, 2.05) is 17.0 Å². The summed E-state index contributed by atoms with van der Waals surface area (Å²) in [4.78, 5) is 34.1. The van der Waals surface area contributed by atoms with Gasteiger partial charge in [0.15, 0.2) is 0 Å². The number of nitrogens with zero attached hydrogens (tertiary/aromatic N) is 4. The molecule has 2 aromatic rings. The molecule has 152 valence electrons. The first-order chi connectivity index (χ1) is 14.2. The third-order valence-corrected chi connectivity index (χ3v) is 6.94. The highest BCUT2D eigenvalue weighted by Crippen LogP contribution is 2.35. The molecule has 1 N–H and O–H groups in total. The molecule has 3 aliphatic rings. The number of carbonyl (C=O) groups excluding carboxylic acids is 2. The van der Waals surface area contributed by atoms with Crippen LogP contribution in [0.5, 0.6) is 0 Å². The van der Waals surface area contributed by atoms with Crippen LogP contribution in [0.4, 0.5) is 0 Å². The molecule has 7 nitrogen and oxygen atoms in total. The molecule has 3 fully saturated rings. The minimum atomic E-state index is 0.0181. The van der Waals surface area contributed by atoms with Crippen LogP contribution in [0.3, 0.4) is 0 Å². The van der Waals surface area contributed by atoms with Gasteiger partial charge in [0.2, 0.25) is 5.91 Å². The van der Waals surface area contributed by atoms with Gasteiger partial charge in [-0.25, -0.2) is 0 Å². The molecule has 0 unspecified atom stereocenters. The summed E-state index contributed by atoms with van der Waals surface area (Å²) in [5, 5.41) is 7.08. The molecule has 0 radical (unpaired) electrons. The number of rotatable bonds is 3. The van der Waals surface area contributed by atoms with Gasteiger partial charge >= 0.3 is 0 Å². The van der Waals surface area contributed by atoms with Crippen LogP contribution >= 0.6 is 0 Å². The van der Waals surface area contributed by atoms with E-state index in [1.165, 1.54) is 12.8 Å². The van der Waals surface area contributed by atoms with Gasteiger partial charge < -0.3 is 9.80 Å². The van der Waals surface area contributed by atoms with Crippen molar-refractivity contribution in [1.82, 2.24) is 25.0 Å². The van der Waals surface area contributed by atoms with E-state index < -0.39 is 0 Å². The predicted octanol–water partition coefficient (Wildman–Crippen LogP) is 2.58. The number of fused-ring (bicyclic) bond motifs is 1. The first-order valence-electron chi connectivity index (χ1n) is 10.7. The van der Waals surface area contributed by atoms with Crippen LogP contribution in [-0.2, 0) is 4.79 Å². The molecule has 1 aliphatic carbocycles. The maximum Gasteiger partial charge on any atom is 0.257 e. The fraction of sp³-hybridized carbons (Fsp3) is 0.545. The first-order valence-corrected chi connectivity index (χ1v) is 10.7. The maximum absolute atomic E-state index is 13.2. The number of hydrogen-bond acceptors (Lipinski definition) is 4. The summed E-state index contributed by atoms with van der Waals surface area (Å²) in [6.45, 7) is 3.13. The van der Waals surface area contributed by atoms with E-state index in [0.717, 1.165) is 56.7 Å². The highest BCUT2D eigenvalue weighted by atomic mass is 16.2. The summed E-state index contributed by atoms with van der Waals surface area (Å²) in [7, 11) is 0. The van der Waals surface area contributed by atoms with Crippen LogP contribution in [0.1, 0.15) is 42.5 Å². The van der Waals surface area contributed by atoms with Crippen LogP contribution in [0.15, 0.2) is 30.7 Å². The van der Waals surface area contributed by atoms with E-state index in [0.29, 0.717) is 23.3 Å². The molecule has 5 rings (SSSR count). The highest BCUT2D eigenvalue weighted by molar-refractivity contribution is 5.99. The van der Waals surface area contributed by atoms with E-state index in [9.17, 15) is 9.59 Å². The molecule has 4 heterocycles. The zero-order chi connectivity index (χ0) is 19.8. The van der Waals surface area contributed by atoms with E-state index in [2.05, 4.69) is 20.1 Å². The third kappa shape index (κ3) is 3.43. The van der Waals surface area contributed by atoms with Gasteiger partial charge in [0.1, 0.15) is 0 Å². The average Bonchev–Trinajstić information content (AvgIpc) is 3.53. The second kappa shape index (κ2) is 7.61. The largest absolute Gasteiger partial charge is 0.342 e. The van der Waals surface area contributed by atoms with Gasteiger partial charge in [-0.3, -0.25) is 19.7 Å². The molecule has 2 aromatic heterocycles.